The minimum Gasteiger partial charge on any atom is -0.508 e. The van der Waals surface area contributed by atoms with Crippen molar-refractivity contribution in [3.8, 4) is 5.75 Å². The summed E-state index contributed by atoms with van der Waals surface area (Å²) in [5.41, 5.74) is 2.80. The Balaban J connectivity index is 2.14. The van der Waals surface area contributed by atoms with Crippen molar-refractivity contribution in [3.63, 3.8) is 0 Å². The number of anilines is 1. The molecule has 4 nitrogen and oxygen atoms in total. The van der Waals surface area contributed by atoms with Crippen molar-refractivity contribution in [1.82, 2.24) is 4.57 Å². The molecule has 0 amide bonds. The first kappa shape index (κ1) is 13.2. The van der Waals surface area contributed by atoms with Crippen LogP contribution in [0.5, 0.6) is 5.75 Å². The largest absolute Gasteiger partial charge is 0.508 e. The molecule has 0 saturated heterocycles. The van der Waals surface area contributed by atoms with Crippen LogP contribution < -0.4 is 10.9 Å². The molecule has 0 unspecified atom stereocenters. The van der Waals surface area contributed by atoms with Gasteiger partial charge in [-0.15, -0.1) is 0 Å². The molecule has 19 heavy (non-hydrogen) atoms. The van der Waals surface area contributed by atoms with Crippen LogP contribution in [0.3, 0.4) is 0 Å². The molecule has 1 aromatic heterocycles. The third-order valence-corrected chi connectivity index (χ3v) is 3.04. The Kier molecular flexibility index (Phi) is 3.90. The van der Waals surface area contributed by atoms with E-state index in [0.29, 0.717) is 13.1 Å². The topological polar surface area (TPSA) is 54.3 Å². The van der Waals surface area contributed by atoms with Crippen LogP contribution >= 0.6 is 0 Å². The van der Waals surface area contributed by atoms with Crippen LogP contribution in [0, 0.1) is 6.92 Å². The smallest absolute Gasteiger partial charge is 0.250 e. The molecule has 0 aliphatic carbocycles. The van der Waals surface area contributed by atoms with Crippen molar-refractivity contribution >= 4 is 5.69 Å². The van der Waals surface area contributed by atoms with Crippen molar-refractivity contribution in [2.24, 2.45) is 0 Å². The standard InChI is InChI=1S/C15H18N2O2/c1-3-17-10-13(5-7-15(17)19)16-9-12-8-11(2)4-6-14(12)18/h4-8,10,16,18H,3,9H2,1-2H3. The van der Waals surface area contributed by atoms with Crippen molar-refractivity contribution in [2.75, 3.05) is 5.32 Å². The molecule has 0 atom stereocenters. The van der Waals surface area contributed by atoms with E-state index in [0.717, 1.165) is 16.8 Å². The predicted molar refractivity (Wildman–Crippen MR) is 76.5 cm³/mol. The molecule has 0 aliphatic heterocycles. The van der Waals surface area contributed by atoms with Gasteiger partial charge in [-0.1, -0.05) is 17.7 Å². The van der Waals surface area contributed by atoms with Gasteiger partial charge in [0, 0.05) is 30.9 Å². The van der Waals surface area contributed by atoms with Gasteiger partial charge in [0.15, 0.2) is 0 Å². The lowest BCUT2D eigenvalue weighted by Gasteiger charge is -2.10. The second-order valence-electron chi connectivity index (χ2n) is 4.53. The predicted octanol–water partition coefficient (Wildman–Crippen LogP) is 2.49. The molecule has 1 aromatic carbocycles. The van der Waals surface area contributed by atoms with E-state index in [1.165, 1.54) is 0 Å². The van der Waals surface area contributed by atoms with Crippen LogP contribution in [0.25, 0.3) is 0 Å². The van der Waals surface area contributed by atoms with Crippen LogP contribution in [0.4, 0.5) is 5.69 Å². The molecular weight excluding hydrogens is 240 g/mol. The number of hydrogen-bond donors (Lipinski definition) is 2. The Morgan fingerprint density at radius 1 is 1.26 bits per heavy atom. The van der Waals surface area contributed by atoms with Gasteiger partial charge in [0.05, 0.1) is 5.69 Å². The van der Waals surface area contributed by atoms with Gasteiger partial charge >= 0.3 is 0 Å². The summed E-state index contributed by atoms with van der Waals surface area (Å²) in [7, 11) is 0. The highest BCUT2D eigenvalue weighted by atomic mass is 16.3. The van der Waals surface area contributed by atoms with Crippen LogP contribution in [-0.2, 0) is 13.1 Å². The number of phenols is 1. The number of aryl methyl sites for hydroxylation is 2. The van der Waals surface area contributed by atoms with Gasteiger partial charge in [0.1, 0.15) is 5.75 Å². The summed E-state index contributed by atoms with van der Waals surface area (Å²) in [5.74, 6) is 0.280. The van der Waals surface area contributed by atoms with E-state index in [2.05, 4.69) is 5.32 Å². The maximum atomic E-state index is 11.5. The number of hydrogen-bond acceptors (Lipinski definition) is 3. The van der Waals surface area contributed by atoms with Gasteiger partial charge in [-0.2, -0.15) is 0 Å². The number of nitrogens with one attached hydrogen (secondary N) is 1. The molecule has 0 fully saturated rings. The highest BCUT2D eigenvalue weighted by Gasteiger charge is 2.02. The van der Waals surface area contributed by atoms with Gasteiger partial charge in [-0.3, -0.25) is 4.79 Å². The normalized spacial score (nSPS) is 10.4. The Labute approximate surface area is 112 Å². The summed E-state index contributed by atoms with van der Waals surface area (Å²) in [6.07, 6.45) is 1.79. The molecular formula is C15H18N2O2. The summed E-state index contributed by atoms with van der Waals surface area (Å²) in [5, 5.41) is 13.0. The Morgan fingerprint density at radius 3 is 2.79 bits per heavy atom. The Hall–Kier alpha value is -2.23. The van der Waals surface area contributed by atoms with Gasteiger partial charge in [0.2, 0.25) is 0 Å². The molecule has 0 spiro atoms. The maximum absolute atomic E-state index is 11.5. The number of pyridine rings is 1. The van der Waals surface area contributed by atoms with E-state index in [9.17, 15) is 9.90 Å². The van der Waals surface area contributed by atoms with Gasteiger partial charge in [0.25, 0.3) is 5.56 Å². The van der Waals surface area contributed by atoms with Crippen LogP contribution in [0.15, 0.2) is 41.3 Å². The maximum Gasteiger partial charge on any atom is 0.250 e. The molecule has 2 aromatic rings. The molecule has 100 valence electrons. The third kappa shape index (κ3) is 3.16. The average Bonchev–Trinajstić information content (AvgIpc) is 2.41. The highest BCUT2D eigenvalue weighted by molar-refractivity contribution is 5.44. The van der Waals surface area contributed by atoms with Gasteiger partial charge in [-0.05, 0) is 26.0 Å². The van der Waals surface area contributed by atoms with Crippen molar-refractivity contribution < 1.29 is 5.11 Å². The van der Waals surface area contributed by atoms with Crippen LogP contribution in [0.2, 0.25) is 0 Å². The molecule has 0 bridgehead atoms. The quantitative estimate of drug-likeness (QED) is 0.886. The van der Waals surface area contributed by atoms with E-state index in [1.54, 1.807) is 29.0 Å². The summed E-state index contributed by atoms with van der Waals surface area (Å²) >= 11 is 0. The lowest BCUT2D eigenvalue weighted by Crippen LogP contribution is -2.17. The van der Waals surface area contributed by atoms with E-state index in [1.807, 2.05) is 26.0 Å². The first-order chi connectivity index (χ1) is 9.10. The number of aromatic nitrogens is 1. The van der Waals surface area contributed by atoms with Crippen LogP contribution in [-0.4, -0.2) is 9.67 Å². The molecule has 0 aliphatic rings. The second-order valence-corrected chi connectivity index (χ2v) is 4.53. The van der Waals surface area contributed by atoms with E-state index < -0.39 is 0 Å². The molecule has 2 N–H and O–H groups in total. The van der Waals surface area contributed by atoms with Crippen molar-refractivity contribution in [2.45, 2.75) is 26.9 Å². The fourth-order valence-corrected chi connectivity index (χ4v) is 1.94. The molecule has 0 radical (unpaired) electrons. The minimum atomic E-state index is -0.00791. The zero-order valence-corrected chi connectivity index (χ0v) is 11.2. The molecule has 0 saturated carbocycles. The van der Waals surface area contributed by atoms with E-state index in [-0.39, 0.29) is 11.3 Å². The SMILES string of the molecule is CCn1cc(NCc2cc(C)ccc2O)ccc1=O. The zero-order chi connectivity index (χ0) is 13.8. The summed E-state index contributed by atoms with van der Waals surface area (Å²) < 4.78 is 1.64. The molecule has 1 heterocycles. The molecule has 2 rings (SSSR count). The van der Waals surface area contributed by atoms with Crippen LogP contribution in [0.1, 0.15) is 18.1 Å². The first-order valence-electron chi connectivity index (χ1n) is 6.33. The first-order valence-corrected chi connectivity index (χ1v) is 6.33. The average molecular weight is 258 g/mol. The summed E-state index contributed by atoms with van der Waals surface area (Å²) in [6.45, 7) is 5.08. The number of nitrogens with zero attached hydrogens (tertiary/aromatic N) is 1. The Bertz CT molecular complexity index is 632. The zero-order valence-electron chi connectivity index (χ0n) is 11.2. The lowest BCUT2D eigenvalue weighted by atomic mass is 10.1. The van der Waals surface area contributed by atoms with Gasteiger partial charge in [-0.25, -0.2) is 0 Å². The highest BCUT2D eigenvalue weighted by Crippen LogP contribution is 2.19. The van der Waals surface area contributed by atoms with Crippen molar-refractivity contribution in [1.29, 1.82) is 0 Å². The fourth-order valence-electron chi connectivity index (χ4n) is 1.94. The molecule has 4 heteroatoms. The summed E-state index contributed by atoms with van der Waals surface area (Å²) in [4.78, 5) is 11.5. The second kappa shape index (κ2) is 5.61. The van der Waals surface area contributed by atoms with E-state index in [4.69, 9.17) is 0 Å². The number of aromatic hydroxyl groups is 1. The van der Waals surface area contributed by atoms with E-state index >= 15 is 0 Å². The number of benzene rings is 1. The van der Waals surface area contributed by atoms with Crippen molar-refractivity contribution in [3.05, 3.63) is 58.0 Å². The Morgan fingerprint density at radius 2 is 2.05 bits per heavy atom. The lowest BCUT2D eigenvalue weighted by molar-refractivity contribution is 0.469. The fraction of sp³-hybridized carbons (Fsp3) is 0.267. The monoisotopic (exact) mass is 258 g/mol. The summed E-state index contributed by atoms with van der Waals surface area (Å²) in [6, 6.07) is 8.80. The minimum absolute atomic E-state index is 0.00791. The third-order valence-electron chi connectivity index (χ3n) is 3.04. The van der Waals surface area contributed by atoms with Gasteiger partial charge < -0.3 is 15.0 Å². The number of phenolic OH excluding ortho intramolecular Hbond substituents is 1. The number of rotatable bonds is 4.